The maximum Gasteiger partial charge on any atom is 0.163 e. The zero-order valence-electron chi connectivity index (χ0n) is 10.6. The van der Waals surface area contributed by atoms with Crippen LogP contribution in [-0.4, -0.2) is 15.0 Å². The molecule has 0 saturated heterocycles. The summed E-state index contributed by atoms with van der Waals surface area (Å²) in [4.78, 5) is 13.3. The van der Waals surface area contributed by atoms with Gasteiger partial charge in [0, 0.05) is 23.0 Å². The molecule has 6 heteroatoms. The Morgan fingerprint density at radius 3 is 2.89 bits per heavy atom. The number of aryl methyl sites for hydroxylation is 1. The van der Waals surface area contributed by atoms with E-state index in [1.807, 2.05) is 25.3 Å². The first-order valence-corrected chi connectivity index (χ1v) is 6.72. The number of anilines is 1. The summed E-state index contributed by atoms with van der Waals surface area (Å²) in [5, 5.41) is 2.02. The smallest absolute Gasteiger partial charge is 0.163 e. The van der Waals surface area contributed by atoms with Crippen molar-refractivity contribution in [2.75, 3.05) is 5.43 Å². The standard InChI is InChI=1S/C13H13N5S/c1-7-8(2)16-13(17-12(7)18-14)9-5-11-10(15-6-9)3-4-19-11/h3-6H,14H2,1-2H3,(H,16,17,18). The van der Waals surface area contributed by atoms with Gasteiger partial charge in [0.2, 0.25) is 0 Å². The van der Waals surface area contributed by atoms with Gasteiger partial charge in [-0.25, -0.2) is 15.8 Å². The minimum Gasteiger partial charge on any atom is -0.308 e. The topological polar surface area (TPSA) is 76.7 Å². The van der Waals surface area contributed by atoms with E-state index in [1.54, 1.807) is 17.5 Å². The summed E-state index contributed by atoms with van der Waals surface area (Å²) < 4.78 is 1.13. The van der Waals surface area contributed by atoms with E-state index in [0.29, 0.717) is 11.6 Å². The van der Waals surface area contributed by atoms with Crippen LogP contribution in [0.1, 0.15) is 11.3 Å². The molecule has 19 heavy (non-hydrogen) atoms. The van der Waals surface area contributed by atoms with Crippen LogP contribution in [0.15, 0.2) is 23.7 Å². The van der Waals surface area contributed by atoms with Gasteiger partial charge in [-0.3, -0.25) is 4.98 Å². The summed E-state index contributed by atoms with van der Waals surface area (Å²) in [5.74, 6) is 6.77. The lowest BCUT2D eigenvalue weighted by Gasteiger charge is -2.09. The lowest BCUT2D eigenvalue weighted by atomic mass is 10.2. The van der Waals surface area contributed by atoms with Crippen LogP contribution in [-0.2, 0) is 0 Å². The Hall–Kier alpha value is -2.05. The second-order valence-electron chi connectivity index (χ2n) is 4.28. The van der Waals surface area contributed by atoms with Crippen LogP contribution in [0.3, 0.4) is 0 Å². The van der Waals surface area contributed by atoms with E-state index in [1.165, 1.54) is 0 Å². The highest BCUT2D eigenvalue weighted by molar-refractivity contribution is 7.17. The van der Waals surface area contributed by atoms with E-state index in [-0.39, 0.29) is 0 Å². The molecule has 0 amide bonds. The predicted molar refractivity (Wildman–Crippen MR) is 77.9 cm³/mol. The number of nitrogens with zero attached hydrogens (tertiary/aromatic N) is 3. The highest BCUT2D eigenvalue weighted by atomic mass is 32.1. The molecule has 0 unspecified atom stereocenters. The first-order valence-electron chi connectivity index (χ1n) is 5.84. The number of pyridine rings is 1. The number of aromatic nitrogens is 3. The average Bonchev–Trinajstić information content (AvgIpc) is 2.89. The maximum absolute atomic E-state index is 5.49. The van der Waals surface area contributed by atoms with Crippen LogP contribution < -0.4 is 11.3 Å². The zero-order chi connectivity index (χ0) is 13.4. The lowest BCUT2D eigenvalue weighted by Crippen LogP contribution is -2.12. The van der Waals surface area contributed by atoms with E-state index < -0.39 is 0 Å². The van der Waals surface area contributed by atoms with Crippen LogP contribution in [0.4, 0.5) is 5.82 Å². The van der Waals surface area contributed by atoms with Crippen molar-refractivity contribution in [2.45, 2.75) is 13.8 Å². The third-order valence-electron chi connectivity index (χ3n) is 3.09. The highest BCUT2D eigenvalue weighted by Crippen LogP contribution is 2.25. The number of fused-ring (bicyclic) bond motifs is 1. The Bertz CT molecular complexity index is 750. The first kappa shape index (κ1) is 12.0. The quantitative estimate of drug-likeness (QED) is 0.553. The Balaban J connectivity index is 2.17. The number of nitrogen functional groups attached to an aromatic ring is 1. The molecule has 3 aromatic heterocycles. The average molecular weight is 271 g/mol. The van der Waals surface area contributed by atoms with Crippen molar-refractivity contribution in [3.05, 3.63) is 35.0 Å². The Morgan fingerprint density at radius 1 is 1.26 bits per heavy atom. The number of nitrogens with one attached hydrogen (secondary N) is 1. The van der Waals surface area contributed by atoms with Crippen molar-refractivity contribution in [3.63, 3.8) is 0 Å². The van der Waals surface area contributed by atoms with Gasteiger partial charge < -0.3 is 5.43 Å². The molecule has 0 fully saturated rings. The number of hydrazine groups is 1. The normalized spacial score (nSPS) is 10.9. The second kappa shape index (κ2) is 4.56. The van der Waals surface area contributed by atoms with Gasteiger partial charge in [-0.1, -0.05) is 0 Å². The van der Waals surface area contributed by atoms with Crippen LogP contribution >= 0.6 is 11.3 Å². The molecule has 0 bridgehead atoms. The van der Waals surface area contributed by atoms with Gasteiger partial charge in [0.05, 0.1) is 10.2 Å². The molecule has 5 nitrogen and oxygen atoms in total. The molecule has 3 rings (SSSR count). The third kappa shape index (κ3) is 2.05. The molecule has 0 radical (unpaired) electrons. The molecule has 0 aliphatic carbocycles. The molecule has 96 valence electrons. The maximum atomic E-state index is 5.49. The van der Waals surface area contributed by atoms with Gasteiger partial charge in [-0.2, -0.15) is 0 Å². The van der Waals surface area contributed by atoms with Crippen molar-refractivity contribution in [3.8, 4) is 11.4 Å². The SMILES string of the molecule is Cc1nc(-c2cnc3ccsc3c2)nc(NN)c1C. The Morgan fingerprint density at radius 2 is 2.11 bits per heavy atom. The van der Waals surface area contributed by atoms with Crippen LogP contribution in [0.5, 0.6) is 0 Å². The summed E-state index contributed by atoms with van der Waals surface area (Å²) in [6.07, 6.45) is 1.79. The van der Waals surface area contributed by atoms with E-state index >= 15 is 0 Å². The molecule has 3 N–H and O–H groups in total. The molecule has 0 aliphatic rings. The predicted octanol–water partition coefficient (Wildman–Crippen LogP) is 2.66. The number of hydrogen-bond acceptors (Lipinski definition) is 6. The molecule has 0 saturated carbocycles. The van der Waals surface area contributed by atoms with Crippen molar-refractivity contribution in [1.29, 1.82) is 0 Å². The van der Waals surface area contributed by atoms with Gasteiger partial charge in [-0.05, 0) is 31.4 Å². The monoisotopic (exact) mass is 271 g/mol. The fourth-order valence-corrected chi connectivity index (χ4v) is 2.65. The third-order valence-corrected chi connectivity index (χ3v) is 3.94. The molecule has 0 aliphatic heterocycles. The minimum absolute atomic E-state index is 0.638. The molecule has 0 spiro atoms. The summed E-state index contributed by atoms with van der Waals surface area (Å²) >= 11 is 1.66. The highest BCUT2D eigenvalue weighted by Gasteiger charge is 2.10. The van der Waals surface area contributed by atoms with Gasteiger partial charge in [0.1, 0.15) is 5.82 Å². The van der Waals surface area contributed by atoms with E-state index in [2.05, 4.69) is 26.4 Å². The Kier molecular flexibility index (Phi) is 2.88. The fourth-order valence-electron chi connectivity index (χ4n) is 1.87. The fraction of sp³-hybridized carbons (Fsp3) is 0.154. The van der Waals surface area contributed by atoms with Gasteiger partial charge in [0.25, 0.3) is 0 Å². The summed E-state index contributed by atoms with van der Waals surface area (Å²) in [6.45, 7) is 3.88. The van der Waals surface area contributed by atoms with Crippen molar-refractivity contribution >= 4 is 27.4 Å². The van der Waals surface area contributed by atoms with E-state index in [0.717, 1.165) is 27.0 Å². The molecular formula is C13H13N5S. The second-order valence-corrected chi connectivity index (χ2v) is 5.23. The molecule has 0 atom stereocenters. The summed E-state index contributed by atoms with van der Waals surface area (Å²) in [6, 6.07) is 4.05. The number of thiophene rings is 1. The van der Waals surface area contributed by atoms with Gasteiger partial charge in [-0.15, -0.1) is 11.3 Å². The first-order chi connectivity index (χ1) is 9.19. The lowest BCUT2D eigenvalue weighted by molar-refractivity contribution is 1.06. The largest absolute Gasteiger partial charge is 0.308 e. The summed E-state index contributed by atoms with van der Waals surface area (Å²) in [7, 11) is 0. The number of rotatable bonds is 2. The number of hydrogen-bond donors (Lipinski definition) is 2. The van der Waals surface area contributed by atoms with Crippen LogP contribution in [0.2, 0.25) is 0 Å². The molecular weight excluding hydrogens is 258 g/mol. The number of nitrogens with two attached hydrogens (primary N) is 1. The van der Waals surface area contributed by atoms with Crippen molar-refractivity contribution in [1.82, 2.24) is 15.0 Å². The minimum atomic E-state index is 0.638. The van der Waals surface area contributed by atoms with E-state index in [4.69, 9.17) is 5.84 Å². The van der Waals surface area contributed by atoms with Gasteiger partial charge >= 0.3 is 0 Å². The van der Waals surface area contributed by atoms with Crippen LogP contribution in [0, 0.1) is 13.8 Å². The molecule has 0 aromatic carbocycles. The van der Waals surface area contributed by atoms with Crippen LogP contribution in [0.25, 0.3) is 21.6 Å². The van der Waals surface area contributed by atoms with E-state index in [9.17, 15) is 0 Å². The summed E-state index contributed by atoms with van der Waals surface area (Å²) in [5.41, 5.74) is 6.36. The van der Waals surface area contributed by atoms with Crippen molar-refractivity contribution < 1.29 is 0 Å². The Labute approximate surface area is 114 Å². The van der Waals surface area contributed by atoms with Crippen molar-refractivity contribution in [2.24, 2.45) is 5.84 Å². The zero-order valence-corrected chi connectivity index (χ0v) is 11.5. The molecule has 3 heterocycles. The molecule has 3 aromatic rings. The van der Waals surface area contributed by atoms with Gasteiger partial charge in [0.15, 0.2) is 5.82 Å².